The van der Waals surface area contributed by atoms with Crippen molar-refractivity contribution in [2.75, 3.05) is 37.6 Å². The second-order valence-electron chi connectivity index (χ2n) is 7.20. The minimum absolute atomic E-state index is 0.719. The Morgan fingerprint density at radius 3 is 2.78 bits per heavy atom. The number of hydrogen-bond acceptors (Lipinski definition) is 3. The monoisotopic (exact) mass is 379 g/mol. The molecule has 138 valence electrons. The third kappa shape index (κ3) is 3.20. The van der Waals surface area contributed by atoms with Crippen LogP contribution in [0.25, 0.3) is 21.9 Å². The lowest BCUT2D eigenvalue weighted by atomic mass is 10.1. The number of aromatic nitrogens is 1. The van der Waals surface area contributed by atoms with E-state index in [0.29, 0.717) is 0 Å². The molecule has 5 heteroatoms. The summed E-state index contributed by atoms with van der Waals surface area (Å²) in [5.74, 6) is 0. The van der Waals surface area contributed by atoms with Crippen LogP contribution in [0, 0.1) is 0 Å². The standard InChI is InChI=1S/C22H22ClN3O/c23-17-4-5-18-16(15-27-22(18)14-17)7-9-25-10-12-26(13-11-25)21-3-1-2-20-19(21)6-8-24-20/h1-6,8,14-15,24H,7,9-13H2. The summed E-state index contributed by atoms with van der Waals surface area (Å²) in [5, 5.41) is 3.21. The van der Waals surface area contributed by atoms with Crippen LogP contribution in [0.3, 0.4) is 0 Å². The highest BCUT2D eigenvalue weighted by Crippen LogP contribution is 2.28. The molecule has 1 N–H and O–H groups in total. The van der Waals surface area contributed by atoms with E-state index in [-0.39, 0.29) is 0 Å². The maximum atomic E-state index is 6.05. The van der Waals surface area contributed by atoms with Crippen molar-refractivity contribution in [2.24, 2.45) is 0 Å². The highest BCUT2D eigenvalue weighted by atomic mass is 35.5. The number of hydrogen-bond donors (Lipinski definition) is 1. The number of piperazine rings is 1. The summed E-state index contributed by atoms with van der Waals surface area (Å²) in [6.07, 6.45) is 4.90. The van der Waals surface area contributed by atoms with Crippen molar-refractivity contribution in [3.05, 3.63) is 65.5 Å². The lowest BCUT2D eigenvalue weighted by Crippen LogP contribution is -2.47. The lowest BCUT2D eigenvalue weighted by Gasteiger charge is -2.36. The second-order valence-corrected chi connectivity index (χ2v) is 7.63. The smallest absolute Gasteiger partial charge is 0.135 e. The number of benzene rings is 2. The first-order valence-electron chi connectivity index (χ1n) is 9.47. The largest absolute Gasteiger partial charge is 0.464 e. The van der Waals surface area contributed by atoms with Gasteiger partial charge in [0, 0.05) is 65.9 Å². The van der Waals surface area contributed by atoms with Gasteiger partial charge in [-0.3, -0.25) is 4.90 Å². The Morgan fingerprint density at radius 1 is 1.00 bits per heavy atom. The molecule has 0 bridgehead atoms. The summed E-state index contributed by atoms with van der Waals surface area (Å²) in [5.41, 5.74) is 4.69. The van der Waals surface area contributed by atoms with E-state index in [9.17, 15) is 0 Å². The molecule has 5 rings (SSSR count). The molecule has 1 aliphatic rings. The van der Waals surface area contributed by atoms with Crippen LogP contribution >= 0.6 is 11.6 Å². The van der Waals surface area contributed by atoms with Gasteiger partial charge in [-0.15, -0.1) is 0 Å². The fourth-order valence-corrected chi connectivity index (χ4v) is 4.25. The van der Waals surface area contributed by atoms with E-state index in [0.717, 1.165) is 49.8 Å². The van der Waals surface area contributed by atoms with Crippen LogP contribution in [0.5, 0.6) is 0 Å². The fraction of sp³-hybridized carbons (Fsp3) is 0.273. The normalized spacial score (nSPS) is 15.8. The molecule has 0 saturated carbocycles. The maximum Gasteiger partial charge on any atom is 0.135 e. The van der Waals surface area contributed by atoms with E-state index in [1.165, 1.54) is 27.5 Å². The summed E-state index contributed by atoms with van der Waals surface area (Å²) < 4.78 is 5.66. The quantitative estimate of drug-likeness (QED) is 0.546. The van der Waals surface area contributed by atoms with Gasteiger partial charge in [-0.1, -0.05) is 17.7 Å². The molecule has 1 saturated heterocycles. The molecule has 1 aliphatic heterocycles. The summed E-state index contributed by atoms with van der Waals surface area (Å²) in [7, 11) is 0. The topological polar surface area (TPSA) is 35.4 Å². The number of rotatable bonds is 4. The first-order chi connectivity index (χ1) is 13.3. The Kier molecular flexibility index (Phi) is 4.30. The number of halogens is 1. The summed E-state index contributed by atoms with van der Waals surface area (Å²) in [6.45, 7) is 5.35. The van der Waals surface area contributed by atoms with Gasteiger partial charge in [0.15, 0.2) is 0 Å². The molecular weight excluding hydrogens is 358 g/mol. The van der Waals surface area contributed by atoms with Crippen LogP contribution in [0.15, 0.2) is 59.3 Å². The molecule has 0 unspecified atom stereocenters. The first-order valence-corrected chi connectivity index (χ1v) is 9.85. The molecule has 0 aliphatic carbocycles. The third-order valence-corrected chi connectivity index (χ3v) is 5.84. The van der Waals surface area contributed by atoms with Gasteiger partial charge in [-0.25, -0.2) is 0 Å². The zero-order valence-electron chi connectivity index (χ0n) is 15.1. The van der Waals surface area contributed by atoms with Gasteiger partial charge >= 0.3 is 0 Å². The molecule has 3 heterocycles. The van der Waals surface area contributed by atoms with Crippen LogP contribution in [0.1, 0.15) is 5.56 Å². The molecule has 4 nitrogen and oxygen atoms in total. The minimum Gasteiger partial charge on any atom is -0.464 e. The number of fused-ring (bicyclic) bond motifs is 2. The number of aromatic amines is 1. The summed E-state index contributed by atoms with van der Waals surface area (Å²) >= 11 is 6.05. The number of nitrogens with one attached hydrogen (secondary N) is 1. The molecule has 2 aromatic heterocycles. The van der Waals surface area contributed by atoms with Crippen LogP contribution < -0.4 is 4.90 Å². The van der Waals surface area contributed by atoms with Gasteiger partial charge < -0.3 is 14.3 Å². The van der Waals surface area contributed by atoms with Crippen LogP contribution in [-0.2, 0) is 6.42 Å². The molecule has 27 heavy (non-hydrogen) atoms. The summed E-state index contributed by atoms with van der Waals surface area (Å²) in [4.78, 5) is 8.35. The van der Waals surface area contributed by atoms with Gasteiger partial charge in [0.2, 0.25) is 0 Å². The van der Waals surface area contributed by atoms with Crippen LogP contribution in [-0.4, -0.2) is 42.6 Å². The average Bonchev–Trinajstić information content (AvgIpc) is 3.33. The highest BCUT2D eigenvalue weighted by molar-refractivity contribution is 6.31. The predicted molar refractivity (Wildman–Crippen MR) is 112 cm³/mol. The zero-order chi connectivity index (χ0) is 18.2. The van der Waals surface area contributed by atoms with E-state index >= 15 is 0 Å². The van der Waals surface area contributed by atoms with Crippen molar-refractivity contribution in [3.8, 4) is 0 Å². The Labute approximate surface area is 163 Å². The minimum atomic E-state index is 0.719. The highest BCUT2D eigenvalue weighted by Gasteiger charge is 2.19. The molecule has 0 radical (unpaired) electrons. The number of furan rings is 1. The number of nitrogens with zero attached hydrogens (tertiary/aromatic N) is 2. The molecule has 0 atom stereocenters. The van der Waals surface area contributed by atoms with Crippen LogP contribution in [0.4, 0.5) is 5.69 Å². The predicted octanol–water partition coefficient (Wildman–Crippen LogP) is 4.93. The molecule has 0 spiro atoms. The van der Waals surface area contributed by atoms with Crippen LogP contribution in [0.2, 0.25) is 5.02 Å². The SMILES string of the molecule is Clc1ccc2c(CCN3CCN(c4cccc5[nH]ccc45)CC3)coc2c1. The molecule has 0 amide bonds. The molecule has 2 aromatic carbocycles. The molecular formula is C22H22ClN3O. The maximum absolute atomic E-state index is 6.05. The van der Waals surface area contributed by atoms with Gasteiger partial charge in [0.1, 0.15) is 5.58 Å². The Hall–Kier alpha value is -2.43. The Bertz CT molecular complexity index is 1080. The average molecular weight is 380 g/mol. The van der Waals surface area contributed by atoms with Crippen molar-refractivity contribution >= 4 is 39.2 Å². The van der Waals surface area contributed by atoms with Crippen molar-refractivity contribution in [1.82, 2.24) is 9.88 Å². The zero-order valence-corrected chi connectivity index (χ0v) is 15.9. The van der Waals surface area contributed by atoms with E-state index in [1.54, 1.807) is 0 Å². The van der Waals surface area contributed by atoms with Crippen molar-refractivity contribution in [2.45, 2.75) is 6.42 Å². The van der Waals surface area contributed by atoms with Crippen molar-refractivity contribution < 1.29 is 4.42 Å². The third-order valence-electron chi connectivity index (χ3n) is 5.60. The van der Waals surface area contributed by atoms with Gasteiger partial charge in [0.25, 0.3) is 0 Å². The summed E-state index contributed by atoms with van der Waals surface area (Å²) in [6, 6.07) is 14.6. The number of anilines is 1. The van der Waals surface area contributed by atoms with Gasteiger partial charge in [-0.2, -0.15) is 0 Å². The van der Waals surface area contributed by atoms with Gasteiger partial charge in [-0.05, 0) is 48.4 Å². The van der Waals surface area contributed by atoms with E-state index in [2.05, 4.69) is 45.1 Å². The Balaban J connectivity index is 1.22. The van der Waals surface area contributed by atoms with E-state index < -0.39 is 0 Å². The first kappa shape index (κ1) is 16.7. The van der Waals surface area contributed by atoms with Crippen molar-refractivity contribution in [1.29, 1.82) is 0 Å². The van der Waals surface area contributed by atoms with E-state index in [1.807, 2.05) is 24.6 Å². The second kappa shape index (κ2) is 6.95. The van der Waals surface area contributed by atoms with E-state index in [4.69, 9.17) is 16.0 Å². The number of H-pyrrole nitrogens is 1. The lowest BCUT2D eigenvalue weighted by molar-refractivity contribution is 0.261. The van der Waals surface area contributed by atoms with Gasteiger partial charge in [0.05, 0.1) is 6.26 Å². The van der Waals surface area contributed by atoms with Crippen molar-refractivity contribution in [3.63, 3.8) is 0 Å². The molecule has 4 aromatic rings. The molecule has 1 fully saturated rings. The Morgan fingerprint density at radius 2 is 1.89 bits per heavy atom. The fourth-order valence-electron chi connectivity index (χ4n) is 4.09.